The Morgan fingerprint density at radius 2 is 2.00 bits per heavy atom. The molecule has 2 N–H and O–H groups in total. The van der Waals surface area contributed by atoms with Crippen molar-refractivity contribution in [2.24, 2.45) is 0 Å². The van der Waals surface area contributed by atoms with E-state index in [0.717, 1.165) is 30.9 Å². The van der Waals surface area contributed by atoms with Crippen LogP contribution in [-0.4, -0.2) is 36.0 Å². The number of amides is 2. The number of urea groups is 1. The van der Waals surface area contributed by atoms with Crippen molar-refractivity contribution in [1.29, 1.82) is 0 Å². The molecule has 0 bridgehead atoms. The smallest absolute Gasteiger partial charge is 0.315 e. The first-order valence-electron chi connectivity index (χ1n) is 6.01. The van der Waals surface area contributed by atoms with Gasteiger partial charge >= 0.3 is 6.03 Å². The van der Waals surface area contributed by atoms with Crippen LogP contribution >= 0.6 is 23.4 Å². The van der Waals surface area contributed by atoms with Gasteiger partial charge in [0, 0.05) is 30.0 Å². The molecular formula is C11H21ClN2OS. The summed E-state index contributed by atoms with van der Waals surface area (Å²) in [6.45, 7) is 0.722. The van der Waals surface area contributed by atoms with Gasteiger partial charge in [-0.15, -0.1) is 11.6 Å². The topological polar surface area (TPSA) is 41.1 Å². The molecule has 1 aliphatic rings. The van der Waals surface area contributed by atoms with Crippen molar-refractivity contribution >= 4 is 29.4 Å². The van der Waals surface area contributed by atoms with Crippen molar-refractivity contribution in [3.05, 3.63) is 0 Å². The number of hydrogen-bond acceptors (Lipinski definition) is 2. The Balaban J connectivity index is 1.97. The summed E-state index contributed by atoms with van der Waals surface area (Å²) >= 11 is 7.32. The highest BCUT2D eigenvalue weighted by atomic mass is 35.5. The molecule has 0 radical (unpaired) electrons. The summed E-state index contributed by atoms with van der Waals surface area (Å²) in [5.41, 5.74) is 0. The first kappa shape index (κ1) is 14.0. The molecule has 0 aromatic heterocycles. The lowest BCUT2D eigenvalue weighted by atomic mass is 9.96. The second-order valence-electron chi connectivity index (χ2n) is 4.04. The van der Waals surface area contributed by atoms with E-state index in [-0.39, 0.29) is 6.03 Å². The molecule has 0 aromatic rings. The minimum Gasteiger partial charge on any atom is -0.337 e. The third kappa shape index (κ3) is 6.48. The maximum atomic E-state index is 11.5. The van der Waals surface area contributed by atoms with E-state index in [9.17, 15) is 4.79 Å². The zero-order chi connectivity index (χ0) is 11.6. The maximum absolute atomic E-state index is 11.5. The first-order valence-corrected chi connectivity index (χ1v) is 7.70. The number of alkyl halides is 1. The van der Waals surface area contributed by atoms with Gasteiger partial charge in [0.2, 0.25) is 0 Å². The van der Waals surface area contributed by atoms with Crippen molar-refractivity contribution in [2.75, 3.05) is 23.9 Å². The normalized spacial score (nSPS) is 17.1. The van der Waals surface area contributed by atoms with Crippen LogP contribution in [0.1, 0.15) is 32.1 Å². The Labute approximate surface area is 107 Å². The summed E-state index contributed by atoms with van der Waals surface area (Å²) in [7, 11) is 0. The number of thioether (sulfide) groups is 1. The van der Waals surface area contributed by atoms with Crippen LogP contribution in [0.15, 0.2) is 0 Å². The third-order valence-corrected chi connectivity index (χ3v) is 4.09. The van der Waals surface area contributed by atoms with Crippen LogP contribution in [0.4, 0.5) is 4.79 Å². The van der Waals surface area contributed by atoms with E-state index in [2.05, 4.69) is 10.6 Å². The fourth-order valence-electron chi connectivity index (χ4n) is 1.88. The van der Waals surface area contributed by atoms with E-state index in [0.29, 0.717) is 11.9 Å². The van der Waals surface area contributed by atoms with E-state index in [1.807, 2.05) is 0 Å². The second kappa shape index (κ2) is 8.99. The Morgan fingerprint density at radius 1 is 1.25 bits per heavy atom. The highest BCUT2D eigenvalue weighted by Gasteiger charge is 2.14. The number of carbonyl (C=O) groups excluding carboxylic acids is 1. The van der Waals surface area contributed by atoms with Crippen molar-refractivity contribution in [2.45, 2.75) is 38.1 Å². The lowest BCUT2D eigenvalue weighted by Gasteiger charge is -2.22. The van der Waals surface area contributed by atoms with Gasteiger partial charge < -0.3 is 10.6 Å². The van der Waals surface area contributed by atoms with Gasteiger partial charge in [0.25, 0.3) is 0 Å². The van der Waals surface area contributed by atoms with Crippen LogP contribution in [0.25, 0.3) is 0 Å². The molecule has 94 valence electrons. The van der Waals surface area contributed by atoms with Crippen molar-refractivity contribution in [3.8, 4) is 0 Å². The van der Waals surface area contributed by atoms with E-state index >= 15 is 0 Å². The summed E-state index contributed by atoms with van der Waals surface area (Å²) in [5, 5.41) is 5.90. The van der Waals surface area contributed by atoms with Crippen LogP contribution in [0, 0.1) is 0 Å². The summed E-state index contributed by atoms with van der Waals surface area (Å²) in [6, 6.07) is 0.377. The van der Waals surface area contributed by atoms with Gasteiger partial charge in [0.1, 0.15) is 0 Å². The second-order valence-corrected chi connectivity index (χ2v) is 5.64. The molecule has 0 unspecified atom stereocenters. The Bertz CT molecular complexity index is 198. The molecule has 2 amide bonds. The molecule has 5 heteroatoms. The molecule has 0 saturated heterocycles. The monoisotopic (exact) mass is 264 g/mol. The summed E-state index contributed by atoms with van der Waals surface area (Å²) in [6.07, 6.45) is 6.07. The largest absolute Gasteiger partial charge is 0.337 e. The molecule has 0 atom stereocenters. The van der Waals surface area contributed by atoms with E-state index in [1.165, 1.54) is 19.3 Å². The molecule has 0 aromatic carbocycles. The molecule has 16 heavy (non-hydrogen) atoms. The van der Waals surface area contributed by atoms with Gasteiger partial charge in [-0.2, -0.15) is 11.8 Å². The molecular weight excluding hydrogens is 244 g/mol. The average Bonchev–Trinajstić information content (AvgIpc) is 2.30. The predicted octanol–water partition coefficient (Wildman–Crippen LogP) is 2.59. The van der Waals surface area contributed by atoms with Gasteiger partial charge in [-0.25, -0.2) is 4.79 Å². The van der Waals surface area contributed by atoms with Crippen LogP contribution in [0.2, 0.25) is 0 Å². The third-order valence-electron chi connectivity index (χ3n) is 2.69. The fraction of sp³-hybridized carbons (Fsp3) is 0.909. The van der Waals surface area contributed by atoms with Gasteiger partial charge in [0.05, 0.1) is 0 Å². The van der Waals surface area contributed by atoms with Crippen LogP contribution < -0.4 is 10.6 Å². The predicted molar refractivity (Wildman–Crippen MR) is 71.5 cm³/mol. The minimum atomic E-state index is -0.0154. The van der Waals surface area contributed by atoms with E-state index in [1.54, 1.807) is 11.8 Å². The van der Waals surface area contributed by atoms with Gasteiger partial charge in [-0.3, -0.25) is 0 Å². The molecule has 1 rings (SSSR count). The summed E-state index contributed by atoms with van der Waals surface area (Å²) in [4.78, 5) is 11.5. The van der Waals surface area contributed by atoms with Crippen molar-refractivity contribution in [3.63, 3.8) is 0 Å². The van der Waals surface area contributed by atoms with Crippen LogP contribution in [0.3, 0.4) is 0 Å². The Morgan fingerprint density at radius 3 is 2.69 bits per heavy atom. The van der Waals surface area contributed by atoms with Crippen LogP contribution in [-0.2, 0) is 0 Å². The van der Waals surface area contributed by atoms with Gasteiger partial charge in [-0.1, -0.05) is 19.3 Å². The molecule has 1 fully saturated rings. The summed E-state index contributed by atoms with van der Waals surface area (Å²) in [5.74, 6) is 2.57. The molecule has 0 spiro atoms. The highest BCUT2D eigenvalue weighted by Crippen LogP contribution is 2.17. The van der Waals surface area contributed by atoms with Crippen LogP contribution in [0.5, 0.6) is 0 Å². The zero-order valence-electron chi connectivity index (χ0n) is 9.64. The minimum absolute atomic E-state index is 0.0154. The first-order chi connectivity index (χ1) is 7.83. The molecule has 0 heterocycles. The number of halogens is 1. The maximum Gasteiger partial charge on any atom is 0.315 e. The van der Waals surface area contributed by atoms with E-state index < -0.39 is 0 Å². The SMILES string of the molecule is O=C(NCCSCCCl)NC1CCCCC1. The lowest BCUT2D eigenvalue weighted by molar-refractivity contribution is 0.233. The molecule has 1 aliphatic carbocycles. The van der Waals surface area contributed by atoms with E-state index in [4.69, 9.17) is 11.6 Å². The highest BCUT2D eigenvalue weighted by molar-refractivity contribution is 7.99. The molecule has 0 aliphatic heterocycles. The number of carbonyl (C=O) groups is 1. The molecule has 1 saturated carbocycles. The van der Waals surface area contributed by atoms with Gasteiger partial charge in [0.15, 0.2) is 0 Å². The number of hydrogen-bond donors (Lipinski definition) is 2. The Hall–Kier alpha value is -0.0900. The zero-order valence-corrected chi connectivity index (χ0v) is 11.2. The number of nitrogens with one attached hydrogen (secondary N) is 2. The number of rotatable bonds is 6. The fourth-order valence-corrected chi connectivity index (χ4v) is 2.76. The van der Waals surface area contributed by atoms with Crippen molar-refractivity contribution < 1.29 is 4.79 Å². The molecule has 3 nitrogen and oxygen atoms in total. The van der Waals surface area contributed by atoms with Gasteiger partial charge in [-0.05, 0) is 12.8 Å². The van der Waals surface area contributed by atoms with Crippen molar-refractivity contribution in [1.82, 2.24) is 10.6 Å². The Kier molecular flexibility index (Phi) is 7.85. The standard InChI is InChI=1S/C11H21ClN2OS/c12-6-8-16-9-7-13-11(15)14-10-4-2-1-3-5-10/h10H,1-9H2,(H2,13,14,15). The lowest BCUT2D eigenvalue weighted by Crippen LogP contribution is -2.43. The average molecular weight is 265 g/mol. The quantitative estimate of drug-likeness (QED) is 0.572. The summed E-state index contributed by atoms with van der Waals surface area (Å²) < 4.78 is 0.